The second-order valence-corrected chi connectivity index (χ2v) is 5.60. The van der Waals surface area contributed by atoms with Crippen molar-refractivity contribution >= 4 is 16.8 Å². The maximum atomic E-state index is 12.3. The number of pyridine rings is 1. The van der Waals surface area contributed by atoms with Crippen molar-refractivity contribution in [1.82, 2.24) is 10.3 Å². The summed E-state index contributed by atoms with van der Waals surface area (Å²) in [5.41, 5.74) is 1.20. The molecular formula is C19H16N2O3. The lowest BCUT2D eigenvalue weighted by molar-refractivity contribution is 0.0786. The fourth-order valence-electron chi connectivity index (χ4n) is 2.65. The summed E-state index contributed by atoms with van der Waals surface area (Å²) in [6.45, 7) is 0.768. The van der Waals surface area contributed by atoms with Crippen LogP contribution in [-0.4, -0.2) is 30.1 Å². The summed E-state index contributed by atoms with van der Waals surface area (Å²) in [6, 6.07) is 18.8. The number of carbonyl (C=O) groups is 1. The van der Waals surface area contributed by atoms with Gasteiger partial charge in [-0.2, -0.15) is 0 Å². The quantitative estimate of drug-likeness (QED) is 0.806. The van der Waals surface area contributed by atoms with Crippen LogP contribution in [0.3, 0.4) is 0 Å². The Hall–Kier alpha value is -3.08. The number of benzene rings is 2. The number of amides is 1. The Bertz CT molecular complexity index is 894. The van der Waals surface area contributed by atoms with Crippen LogP contribution in [0.2, 0.25) is 0 Å². The summed E-state index contributed by atoms with van der Waals surface area (Å²) in [4.78, 5) is 16.7. The zero-order chi connectivity index (χ0) is 16.4. The smallest absolute Gasteiger partial charge is 0.270 e. The second-order valence-electron chi connectivity index (χ2n) is 5.60. The zero-order valence-electron chi connectivity index (χ0n) is 12.9. The van der Waals surface area contributed by atoms with Crippen molar-refractivity contribution in [2.75, 3.05) is 13.2 Å². The average molecular weight is 320 g/mol. The van der Waals surface area contributed by atoms with E-state index in [1.165, 1.54) is 0 Å². The fraction of sp³-hybridized carbons (Fsp3) is 0.158. The van der Waals surface area contributed by atoms with Crippen molar-refractivity contribution < 1.29 is 14.3 Å². The van der Waals surface area contributed by atoms with Gasteiger partial charge in [0.25, 0.3) is 5.91 Å². The lowest BCUT2D eigenvalue weighted by Gasteiger charge is -2.26. The number of nitrogens with one attached hydrogen (secondary N) is 1. The maximum absolute atomic E-state index is 12.3. The largest absolute Gasteiger partial charge is 0.486 e. The van der Waals surface area contributed by atoms with Crippen LogP contribution in [0.1, 0.15) is 10.5 Å². The van der Waals surface area contributed by atoms with E-state index in [0.29, 0.717) is 24.6 Å². The number of nitrogens with zero attached hydrogens (tertiary/aromatic N) is 1. The highest BCUT2D eigenvalue weighted by molar-refractivity contribution is 5.94. The lowest BCUT2D eigenvalue weighted by atomic mass is 10.2. The standard InChI is InChI=1S/C19H16N2O3/c22-19(16-10-9-13-5-1-2-6-15(13)21-16)20-11-14-12-23-17-7-3-4-8-18(17)24-14/h1-10,14H,11-12H2,(H,20,22)/t14-/m1/s1. The van der Waals surface area contributed by atoms with Crippen LogP contribution in [0.5, 0.6) is 11.5 Å². The first-order valence-corrected chi connectivity index (χ1v) is 7.82. The van der Waals surface area contributed by atoms with Crippen LogP contribution in [0.25, 0.3) is 10.9 Å². The summed E-state index contributed by atoms with van der Waals surface area (Å²) in [5.74, 6) is 1.21. The van der Waals surface area contributed by atoms with Crippen molar-refractivity contribution in [3.63, 3.8) is 0 Å². The first kappa shape index (κ1) is 14.5. The van der Waals surface area contributed by atoms with E-state index in [2.05, 4.69) is 10.3 Å². The van der Waals surface area contributed by atoms with E-state index < -0.39 is 0 Å². The molecule has 0 saturated carbocycles. The van der Waals surface area contributed by atoms with Crippen molar-refractivity contribution in [1.29, 1.82) is 0 Å². The number of carbonyl (C=O) groups excluding carboxylic acids is 1. The fourth-order valence-corrected chi connectivity index (χ4v) is 2.65. The molecule has 1 amide bonds. The first-order chi connectivity index (χ1) is 11.8. The molecule has 0 bridgehead atoms. The molecule has 0 spiro atoms. The summed E-state index contributed by atoms with van der Waals surface area (Å²) < 4.78 is 11.5. The van der Waals surface area contributed by atoms with Crippen LogP contribution < -0.4 is 14.8 Å². The van der Waals surface area contributed by atoms with Gasteiger partial charge in [-0.15, -0.1) is 0 Å². The molecule has 0 aliphatic carbocycles. The number of rotatable bonds is 3. The van der Waals surface area contributed by atoms with Gasteiger partial charge in [0.05, 0.1) is 12.1 Å². The molecule has 1 aromatic heterocycles. The molecule has 0 unspecified atom stereocenters. The molecule has 0 radical (unpaired) electrons. The summed E-state index contributed by atoms with van der Waals surface area (Å²) in [5, 5.41) is 3.87. The van der Waals surface area contributed by atoms with E-state index in [1.807, 2.05) is 54.6 Å². The third kappa shape index (κ3) is 2.88. The highest BCUT2D eigenvalue weighted by Crippen LogP contribution is 2.30. The SMILES string of the molecule is O=C(NC[C@@H]1COc2ccccc2O1)c1ccc2ccccc2n1. The van der Waals surface area contributed by atoms with Gasteiger partial charge in [-0.1, -0.05) is 36.4 Å². The molecule has 0 fully saturated rings. The van der Waals surface area contributed by atoms with Gasteiger partial charge in [-0.25, -0.2) is 4.98 Å². The van der Waals surface area contributed by atoms with Gasteiger partial charge in [-0.3, -0.25) is 4.79 Å². The molecule has 1 aliphatic rings. The Morgan fingerprint density at radius 1 is 1.04 bits per heavy atom. The summed E-state index contributed by atoms with van der Waals surface area (Å²) >= 11 is 0. The van der Waals surface area contributed by atoms with Gasteiger partial charge >= 0.3 is 0 Å². The average Bonchev–Trinajstić information content (AvgIpc) is 2.65. The van der Waals surface area contributed by atoms with E-state index in [1.54, 1.807) is 6.07 Å². The minimum atomic E-state index is -0.219. The highest BCUT2D eigenvalue weighted by Gasteiger charge is 2.21. The van der Waals surface area contributed by atoms with Crippen LogP contribution in [0.4, 0.5) is 0 Å². The normalized spacial score (nSPS) is 15.9. The third-order valence-electron chi connectivity index (χ3n) is 3.89. The molecule has 3 aromatic rings. The second kappa shape index (κ2) is 6.20. The highest BCUT2D eigenvalue weighted by atomic mass is 16.6. The van der Waals surface area contributed by atoms with E-state index in [4.69, 9.17) is 9.47 Å². The molecule has 5 heteroatoms. The molecular weight excluding hydrogens is 304 g/mol. The first-order valence-electron chi connectivity index (χ1n) is 7.82. The number of ether oxygens (including phenoxy) is 2. The topological polar surface area (TPSA) is 60.5 Å². The van der Waals surface area contributed by atoms with E-state index >= 15 is 0 Å². The maximum Gasteiger partial charge on any atom is 0.270 e. The van der Waals surface area contributed by atoms with Gasteiger partial charge in [0.15, 0.2) is 11.5 Å². The Kier molecular flexibility index (Phi) is 3.75. The lowest BCUT2D eigenvalue weighted by Crippen LogP contribution is -2.40. The molecule has 120 valence electrons. The van der Waals surface area contributed by atoms with Crippen LogP contribution in [0, 0.1) is 0 Å². The molecule has 1 aliphatic heterocycles. The van der Waals surface area contributed by atoms with Gasteiger partial charge in [0.1, 0.15) is 18.4 Å². The molecule has 5 nitrogen and oxygen atoms in total. The molecule has 24 heavy (non-hydrogen) atoms. The molecule has 1 N–H and O–H groups in total. The van der Waals surface area contributed by atoms with Gasteiger partial charge in [-0.05, 0) is 24.3 Å². The predicted octanol–water partition coefficient (Wildman–Crippen LogP) is 2.80. The summed E-state index contributed by atoms with van der Waals surface area (Å²) in [7, 11) is 0. The van der Waals surface area contributed by atoms with Gasteiger partial charge < -0.3 is 14.8 Å². The zero-order valence-corrected chi connectivity index (χ0v) is 12.9. The third-order valence-corrected chi connectivity index (χ3v) is 3.89. The van der Waals surface area contributed by atoms with E-state index in [9.17, 15) is 4.79 Å². The monoisotopic (exact) mass is 320 g/mol. The van der Waals surface area contributed by atoms with Gasteiger partial charge in [0, 0.05) is 5.39 Å². The van der Waals surface area contributed by atoms with Crippen molar-refractivity contribution in [2.45, 2.75) is 6.10 Å². The van der Waals surface area contributed by atoms with Crippen molar-refractivity contribution in [3.8, 4) is 11.5 Å². The van der Waals surface area contributed by atoms with Crippen molar-refractivity contribution in [3.05, 3.63) is 66.4 Å². The molecule has 2 heterocycles. The van der Waals surface area contributed by atoms with Crippen molar-refractivity contribution in [2.24, 2.45) is 0 Å². The van der Waals surface area contributed by atoms with E-state index in [0.717, 1.165) is 16.7 Å². The van der Waals surface area contributed by atoms with Crippen LogP contribution >= 0.6 is 0 Å². The summed E-state index contributed by atoms with van der Waals surface area (Å²) in [6.07, 6.45) is -0.218. The van der Waals surface area contributed by atoms with Gasteiger partial charge in [0.2, 0.25) is 0 Å². The number of para-hydroxylation sites is 3. The molecule has 1 atom stereocenters. The predicted molar refractivity (Wildman–Crippen MR) is 90.4 cm³/mol. The minimum absolute atomic E-state index is 0.218. The Morgan fingerprint density at radius 2 is 1.83 bits per heavy atom. The van der Waals surface area contributed by atoms with Crippen LogP contribution in [-0.2, 0) is 0 Å². The molecule has 2 aromatic carbocycles. The molecule has 0 saturated heterocycles. The number of hydrogen-bond donors (Lipinski definition) is 1. The number of aromatic nitrogens is 1. The minimum Gasteiger partial charge on any atom is -0.486 e. The molecule has 4 rings (SSSR count). The van der Waals surface area contributed by atoms with Crippen LogP contribution in [0.15, 0.2) is 60.7 Å². The Labute approximate surface area is 139 Å². The Morgan fingerprint density at radius 3 is 2.75 bits per heavy atom. The van der Waals surface area contributed by atoms with E-state index in [-0.39, 0.29) is 12.0 Å². The number of hydrogen-bond acceptors (Lipinski definition) is 4. The number of fused-ring (bicyclic) bond motifs is 2. The Balaban J connectivity index is 1.41.